The Labute approximate surface area is 124 Å². The maximum absolute atomic E-state index is 5.84. The summed E-state index contributed by atoms with van der Waals surface area (Å²) in [6, 6.07) is 6.43. The van der Waals surface area contributed by atoms with E-state index in [1.165, 1.54) is 0 Å². The van der Waals surface area contributed by atoms with Crippen LogP contribution in [0.25, 0.3) is 0 Å². The second-order valence-electron chi connectivity index (χ2n) is 4.47. The summed E-state index contributed by atoms with van der Waals surface area (Å²) in [5.74, 6) is 0. The van der Waals surface area contributed by atoms with Crippen LogP contribution in [0.5, 0.6) is 0 Å². The van der Waals surface area contributed by atoms with E-state index in [4.69, 9.17) is 15.2 Å². The quantitative estimate of drug-likeness (QED) is 0.795. The maximum atomic E-state index is 5.84. The van der Waals surface area contributed by atoms with Gasteiger partial charge in [-0.15, -0.1) is 0 Å². The zero-order valence-corrected chi connectivity index (χ0v) is 13.4. The van der Waals surface area contributed by atoms with E-state index in [0.29, 0.717) is 19.8 Å². The Morgan fingerprint density at radius 3 is 2.63 bits per heavy atom. The monoisotopic (exact) mass is 330 g/mol. The van der Waals surface area contributed by atoms with Gasteiger partial charge in [0.1, 0.15) is 0 Å². The van der Waals surface area contributed by atoms with Crippen LogP contribution < -0.4 is 10.6 Å². The molecule has 0 aromatic heterocycles. The SMILES string of the molecule is COCCN(c1cc(Br)ccc1CN)C(C)COC. The van der Waals surface area contributed by atoms with Crippen molar-refractivity contribution >= 4 is 21.6 Å². The average Bonchev–Trinajstić information content (AvgIpc) is 2.40. The van der Waals surface area contributed by atoms with Gasteiger partial charge in [-0.05, 0) is 24.6 Å². The molecular weight excluding hydrogens is 308 g/mol. The Morgan fingerprint density at radius 2 is 2.05 bits per heavy atom. The summed E-state index contributed by atoms with van der Waals surface area (Å²) in [6.07, 6.45) is 0. The smallest absolute Gasteiger partial charge is 0.0663 e. The van der Waals surface area contributed by atoms with Gasteiger partial charge in [-0.25, -0.2) is 0 Å². The Balaban J connectivity index is 3.04. The van der Waals surface area contributed by atoms with Crippen LogP contribution in [-0.2, 0) is 16.0 Å². The van der Waals surface area contributed by atoms with E-state index in [1.54, 1.807) is 14.2 Å². The van der Waals surface area contributed by atoms with Gasteiger partial charge in [0.15, 0.2) is 0 Å². The van der Waals surface area contributed by atoms with Crippen LogP contribution in [-0.4, -0.2) is 40.0 Å². The zero-order chi connectivity index (χ0) is 14.3. The van der Waals surface area contributed by atoms with Gasteiger partial charge in [0.25, 0.3) is 0 Å². The van der Waals surface area contributed by atoms with E-state index >= 15 is 0 Å². The molecular formula is C14H23BrN2O2. The van der Waals surface area contributed by atoms with Gasteiger partial charge in [-0.1, -0.05) is 22.0 Å². The molecule has 1 unspecified atom stereocenters. The molecule has 0 spiro atoms. The van der Waals surface area contributed by atoms with Crippen molar-refractivity contribution in [1.29, 1.82) is 0 Å². The van der Waals surface area contributed by atoms with E-state index in [1.807, 2.05) is 6.07 Å². The summed E-state index contributed by atoms with van der Waals surface area (Å²) in [4.78, 5) is 2.28. The Hall–Kier alpha value is -0.620. The molecule has 0 fully saturated rings. The van der Waals surface area contributed by atoms with Crippen molar-refractivity contribution in [3.8, 4) is 0 Å². The summed E-state index contributed by atoms with van der Waals surface area (Å²) < 4.78 is 11.5. The maximum Gasteiger partial charge on any atom is 0.0663 e. The first kappa shape index (κ1) is 16.4. The molecule has 0 saturated carbocycles. The van der Waals surface area contributed by atoms with Crippen molar-refractivity contribution in [3.63, 3.8) is 0 Å². The van der Waals surface area contributed by atoms with E-state index in [-0.39, 0.29) is 6.04 Å². The van der Waals surface area contributed by atoms with Crippen molar-refractivity contribution in [2.24, 2.45) is 5.73 Å². The van der Waals surface area contributed by atoms with E-state index in [2.05, 4.69) is 39.9 Å². The molecule has 19 heavy (non-hydrogen) atoms. The lowest BCUT2D eigenvalue weighted by atomic mass is 10.1. The Bertz CT molecular complexity index is 388. The first-order valence-corrected chi connectivity index (χ1v) is 7.16. The van der Waals surface area contributed by atoms with Gasteiger partial charge in [0.2, 0.25) is 0 Å². The van der Waals surface area contributed by atoms with Crippen LogP contribution in [0.2, 0.25) is 0 Å². The molecule has 1 rings (SSSR count). The first-order valence-electron chi connectivity index (χ1n) is 6.37. The lowest BCUT2D eigenvalue weighted by molar-refractivity contribution is 0.171. The van der Waals surface area contributed by atoms with Crippen molar-refractivity contribution in [1.82, 2.24) is 0 Å². The van der Waals surface area contributed by atoms with Crippen LogP contribution in [0, 0.1) is 0 Å². The fourth-order valence-corrected chi connectivity index (χ4v) is 2.43. The van der Waals surface area contributed by atoms with E-state index in [0.717, 1.165) is 22.3 Å². The summed E-state index contributed by atoms with van der Waals surface area (Å²) in [5, 5.41) is 0. The molecule has 108 valence electrons. The Morgan fingerprint density at radius 1 is 1.32 bits per heavy atom. The number of halogens is 1. The number of nitrogens with two attached hydrogens (primary N) is 1. The first-order chi connectivity index (χ1) is 9.13. The highest BCUT2D eigenvalue weighted by Gasteiger charge is 2.17. The van der Waals surface area contributed by atoms with Crippen LogP contribution >= 0.6 is 15.9 Å². The fraction of sp³-hybridized carbons (Fsp3) is 0.571. The predicted molar refractivity (Wildman–Crippen MR) is 82.6 cm³/mol. The number of methoxy groups -OCH3 is 2. The third kappa shape index (κ3) is 4.76. The molecule has 0 saturated heterocycles. The molecule has 0 amide bonds. The predicted octanol–water partition coefficient (Wildman–Crippen LogP) is 2.40. The molecule has 0 radical (unpaired) electrons. The second kappa shape index (κ2) is 8.53. The lowest BCUT2D eigenvalue weighted by Crippen LogP contribution is -2.39. The number of hydrogen-bond donors (Lipinski definition) is 1. The van der Waals surface area contributed by atoms with Gasteiger partial charge >= 0.3 is 0 Å². The van der Waals surface area contributed by atoms with Crippen LogP contribution in [0.3, 0.4) is 0 Å². The number of rotatable bonds is 8. The molecule has 0 aliphatic rings. The molecule has 0 heterocycles. The second-order valence-corrected chi connectivity index (χ2v) is 5.38. The van der Waals surface area contributed by atoms with Crippen LogP contribution in [0.1, 0.15) is 12.5 Å². The normalized spacial score (nSPS) is 12.5. The molecule has 2 N–H and O–H groups in total. The van der Waals surface area contributed by atoms with Gasteiger partial charge in [-0.3, -0.25) is 0 Å². The number of benzene rings is 1. The minimum Gasteiger partial charge on any atom is -0.383 e. The standard InChI is InChI=1S/C14H23BrN2O2/c1-11(10-19-3)17(6-7-18-2)14-8-13(15)5-4-12(14)9-16/h4-5,8,11H,6-7,9-10,16H2,1-3H3. The summed E-state index contributed by atoms with van der Waals surface area (Å²) in [6.45, 7) is 4.81. The molecule has 4 nitrogen and oxygen atoms in total. The average molecular weight is 331 g/mol. The highest BCUT2D eigenvalue weighted by atomic mass is 79.9. The molecule has 0 bridgehead atoms. The van der Waals surface area contributed by atoms with Crippen LogP contribution in [0.4, 0.5) is 5.69 Å². The van der Waals surface area contributed by atoms with Crippen LogP contribution in [0.15, 0.2) is 22.7 Å². The van der Waals surface area contributed by atoms with Crippen molar-refractivity contribution < 1.29 is 9.47 Å². The summed E-state index contributed by atoms with van der Waals surface area (Å²) in [5.41, 5.74) is 8.10. The summed E-state index contributed by atoms with van der Waals surface area (Å²) >= 11 is 3.52. The van der Waals surface area contributed by atoms with Gasteiger partial charge in [0.05, 0.1) is 13.2 Å². The van der Waals surface area contributed by atoms with Gasteiger partial charge < -0.3 is 20.1 Å². The molecule has 0 aliphatic carbocycles. The van der Waals surface area contributed by atoms with Gasteiger partial charge in [0, 0.05) is 43.5 Å². The zero-order valence-electron chi connectivity index (χ0n) is 11.9. The highest BCUT2D eigenvalue weighted by Crippen LogP contribution is 2.26. The third-order valence-corrected chi connectivity index (χ3v) is 3.55. The highest BCUT2D eigenvalue weighted by molar-refractivity contribution is 9.10. The lowest BCUT2D eigenvalue weighted by Gasteiger charge is -2.32. The fourth-order valence-electron chi connectivity index (χ4n) is 2.08. The number of anilines is 1. The van der Waals surface area contributed by atoms with E-state index in [9.17, 15) is 0 Å². The topological polar surface area (TPSA) is 47.7 Å². The van der Waals surface area contributed by atoms with Crippen molar-refractivity contribution in [2.45, 2.75) is 19.5 Å². The van der Waals surface area contributed by atoms with Crippen molar-refractivity contribution in [3.05, 3.63) is 28.2 Å². The number of hydrogen-bond acceptors (Lipinski definition) is 4. The third-order valence-electron chi connectivity index (χ3n) is 3.05. The molecule has 0 aliphatic heterocycles. The number of nitrogens with zero attached hydrogens (tertiary/aromatic N) is 1. The van der Waals surface area contributed by atoms with E-state index < -0.39 is 0 Å². The van der Waals surface area contributed by atoms with Crippen molar-refractivity contribution in [2.75, 3.05) is 38.9 Å². The molecule has 1 aromatic rings. The molecule has 1 aromatic carbocycles. The minimum atomic E-state index is 0.264. The molecule has 5 heteroatoms. The molecule has 1 atom stereocenters. The largest absolute Gasteiger partial charge is 0.383 e. The minimum absolute atomic E-state index is 0.264. The van der Waals surface area contributed by atoms with Gasteiger partial charge in [-0.2, -0.15) is 0 Å². The number of ether oxygens (including phenoxy) is 2. The summed E-state index contributed by atoms with van der Waals surface area (Å²) in [7, 11) is 3.43. The Kier molecular flexibility index (Phi) is 7.38.